The van der Waals surface area contributed by atoms with Crippen molar-refractivity contribution in [2.24, 2.45) is 0 Å². The highest BCUT2D eigenvalue weighted by Crippen LogP contribution is 2.17. The van der Waals surface area contributed by atoms with Gasteiger partial charge in [-0.05, 0) is 27.7 Å². The molecule has 0 aliphatic rings. The van der Waals surface area contributed by atoms with Gasteiger partial charge in [-0.15, -0.1) is 0 Å². The van der Waals surface area contributed by atoms with Gasteiger partial charge in [0.25, 0.3) is 5.91 Å². The van der Waals surface area contributed by atoms with Crippen LogP contribution in [0.1, 0.15) is 48.6 Å². The molecule has 0 radical (unpaired) electrons. The molecule has 0 aliphatic heterocycles. The van der Waals surface area contributed by atoms with Crippen LogP contribution in [-0.2, 0) is 13.1 Å². The van der Waals surface area contributed by atoms with Crippen LogP contribution in [0.3, 0.4) is 0 Å². The van der Waals surface area contributed by atoms with Crippen molar-refractivity contribution in [1.29, 1.82) is 0 Å². The Hall–Kier alpha value is -2.31. The molecular weight excluding hydrogens is 268 g/mol. The Morgan fingerprint density at radius 2 is 1.90 bits per heavy atom. The second-order valence-electron chi connectivity index (χ2n) is 5.01. The fraction of sp³-hybridized carbons (Fsp3) is 0.500. The molecule has 114 valence electrons. The summed E-state index contributed by atoms with van der Waals surface area (Å²) in [7, 11) is 0. The van der Waals surface area contributed by atoms with Crippen LogP contribution in [0.25, 0.3) is 0 Å². The Labute approximate surface area is 124 Å². The number of nitrogens with zero attached hydrogens (tertiary/aromatic N) is 4. The molecule has 2 aromatic rings. The predicted molar refractivity (Wildman–Crippen MR) is 80.8 cm³/mol. The van der Waals surface area contributed by atoms with Crippen molar-refractivity contribution in [3.8, 4) is 0 Å². The van der Waals surface area contributed by atoms with Gasteiger partial charge in [0.15, 0.2) is 5.69 Å². The predicted octanol–water partition coefficient (Wildman–Crippen LogP) is 1.50. The van der Waals surface area contributed by atoms with Gasteiger partial charge >= 0.3 is 0 Å². The van der Waals surface area contributed by atoms with E-state index in [9.17, 15) is 4.79 Å². The lowest BCUT2D eigenvalue weighted by atomic mass is 10.1. The van der Waals surface area contributed by atoms with Crippen LogP contribution in [0, 0.1) is 6.92 Å². The van der Waals surface area contributed by atoms with Gasteiger partial charge in [0.2, 0.25) is 0 Å². The molecule has 0 saturated carbocycles. The van der Waals surface area contributed by atoms with Gasteiger partial charge < -0.3 is 11.1 Å². The molecule has 1 atom stereocenters. The molecule has 0 spiro atoms. The number of anilines is 1. The van der Waals surface area contributed by atoms with E-state index in [1.807, 2.05) is 38.6 Å². The molecule has 3 N–H and O–H groups in total. The quantitative estimate of drug-likeness (QED) is 0.873. The van der Waals surface area contributed by atoms with E-state index in [1.165, 1.54) is 0 Å². The molecule has 7 nitrogen and oxygen atoms in total. The molecule has 1 amide bonds. The average molecular weight is 290 g/mol. The Bertz CT molecular complexity index is 642. The minimum Gasteiger partial charge on any atom is -0.396 e. The van der Waals surface area contributed by atoms with Crippen LogP contribution >= 0.6 is 0 Å². The number of hydrogen-bond acceptors (Lipinski definition) is 4. The van der Waals surface area contributed by atoms with Crippen LogP contribution in [-0.4, -0.2) is 25.5 Å². The van der Waals surface area contributed by atoms with Crippen molar-refractivity contribution >= 4 is 11.6 Å². The minimum atomic E-state index is -0.268. The minimum absolute atomic E-state index is 0.149. The molecule has 0 fully saturated rings. The number of rotatable bonds is 5. The summed E-state index contributed by atoms with van der Waals surface area (Å²) in [5.41, 5.74) is 8.40. The van der Waals surface area contributed by atoms with Crippen molar-refractivity contribution in [3.05, 3.63) is 29.3 Å². The maximum absolute atomic E-state index is 12.3. The molecule has 0 saturated heterocycles. The lowest BCUT2D eigenvalue weighted by Gasteiger charge is -2.12. The van der Waals surface area contributed by atoms with Gasteiger partial charge in [-0.25, -0.2) is 0 Å². The van der Waals surface area contributed by atoms with E-state index in [-0.39, 0.29) is 17.6 Å². The maximum atomic E-state index is 12.3. The fourth-order valence-electron chi connectivity index (χ4n) is 2.24. The van der Waals surface area contributed by atoms with Gasteiger partial charge in [0.1, 0.15) is 0 Å². The molecule has 2 aromatic heterocycles. The highest BCUT2D eigenvalue weighted by molar-refractivity contribution is 5.97. The van der Waals surface area contributed by atoms with Crippen molar-refractivity contribution in [3.63, 3.8) is 0 Å². The van der Waals surface area contributed by atoms with Crippen molar-refractivity contribution < 1.29 is 4.79 Å². The first-order valence-corrected chi connectivity index (χ1v) is 7.14. The number of nitrogen functional groups attached to an aromatic ring is 1. The highest BCUT2D eigenvalue weighted by atomic mass is 16.2. The Balaban J connectivity index is 2.14. The van der Waals surface area contributed by atoms with Crippen LogP contribution in [0.2, 0.25) is 0 Å². The monoisotopic (exact) mass is 290 g/mol. The van der Waals surface area contributed by atoms with Crippen molar-refractivity contribution in [2.45, 2.75) is 46.8 Å². The van der Waals surface area contributed by atoms with E-state index < -0.39 is 0 Å². The Morgan fingerprint density at radius 1 is 1.29 bits per heavy atom. The van der Waals surface area contributed by atoms with Gasteiger partial charge in [0.05, 0.1) is 17.4 Å². The van der Waals surface area contributed by atoms with Gasteiger partial charge in [0, 0.05) is 31.0 Å². The highest BCUT2D eigenvalue weighted by Gasteiger charge is 2.19. The van der Waals surface area contributed by atoms with Crippen LogP contribution in [0.4, 0.5) is 5.69 Å². The van der Waals surface area contributed by atoms with Gasteiger partial charge in [-0.1, -0.05) is 0 Å². The Kier molecular flexibility index (Phi) is 4.30. The summed E-state index contributed by atoms with van der Waals surface area (Å²) >= 11 is 0. The molecule has 0 aromatic carbocycles. The summed E-state index contributed by atoms with van der Waals surface area (Å²) in [6, 6.07) is -0.149. The molecule has 2 rings (SSSR count). The van der Waals surface area contributed by atoms with Crippen LogP contribution in [0.5, 0.6) is 0 Å². The molecule has 0 aliphatic carbocycles. The largest absolute Gasteiger partial charge is 0.396 e. The van der Waals surface area contributed by atoms with E-state index in [2.05, 4.69) is 15.5 Å². The molecule has 0 bridgehead atoms. The maximum Gasteiger partial charge on any atom is 0.274 e. The number of hydrogen-bond donors (Lipinski definition) is 2. The topological polar surface area (TPSA) is 90.8 Å². The first kappa shape index (κ1) is 15.1. The first-order chi connectivity index (χ1) is 9.96. The van der Waals surface area contributed by atoms with Crippen molar-refractivity contribution in [1.82, 2.24) is 24.9 Å². The summed E-state index contributed by atoms with van der Waals surface area (Å²) in [4.78, 5) is 12.3. The SMILES string of the molecule is CCn1cc(C(C)NC(=O)c2nn(CC)cc2N)c(C)n1. The Morgan fingerprint density at radius 3 is 2.43 bits per heavy atom. The normalized spacial score (nSPS) is 12.4. The molecule has 2 heterocycles. The lowest BCUT2D eigenvalue weighted by Crippen LogP contribution is -2.28. The molecule has 1 unspecified atom stereocenters. The third kappa shape index (κ3) is 3.07. The standard InChI is InChI=1S/C14H22N6O/c1-5-19-7-11(10(4)17-19)9(3)16-14(21)13-12(15)8-20(6-2)18-13/h7-9H,5-6,15H2,1-4H3,(H,16,21). The van der Waals surface area contributed by atoms with E-state index in [4.69, 9.17) is 5.73 Å². The number of carbonyl (C=O) groups is 1. The summed E-state index contributed by atoms with van der Waals surface area (Å²) in [5.74, 6) is -0.268. The van der Waals surface area contributed by atoms with Crippen LogP contribution < -0.4 is 11.1 Å². The third-order valence-electron chi connectivity index (χ3n) is 3.45. The molecule has 7 heteroatoms. The van der Waals surface area contributed by atoms with E-state index in [0.29, 0.717) is 12.2 Å². The van der Waals surface area contributed by atoms with E-state index in [0.717, 1.165) is 17.8 Å². The summed E-state index contributed by atoms with van der Waals surface area (Å²) in [6.45, 7) is 9.31. The third-order valence-corrected chi connectivity index (χ3v) is 3.45. The first-order valence-electron chi connectivity index (χ1n) is 7.14. The van der Waals surface area contributed by atoms with Gasteiger partial charge in [-0.2, -0.15) is 10.2 Å². The van der Waals surface area contributed by atoms with Crippen molar-refractivity contribution in [2.75, 3.05) is 5.73 Å². The molecular formula is C14H22N6O. The number of aryl methyl sites for hydroxylation is 3. The second-order valence-corrected chi connectivity index (χ2v) is 5.01. The lowest BCUT2D eigenvalue weighted by molar-refractivity contribution is 0.0935. The zero-order valence-electron chi connectivity index (χ0n) is 12.9. The van der Waals surface area contributed by atoms with E-state index >= 15 is 0 Å². The number of nitrogens with one attached hydrogen (secondary N) is 1. The molecule has 21 heavy (non-hydrogen) atoms. The smallest absolute Gasteiger partial charge is 0.274 e. The average Bonchev–Trinajstić information content (AvgIpc) is 3.01. The zero-order valence-corrected chi connectivity index (χ0v) is 12.9. The summed E-state index contributed by atoms with van der Waals surface area (Å²) in [6.07, 6.45) is 3.62. The zero-order chi connectivity index (χ0) is 15.6. The van der Waals surface area contributed by atoms with E-state index in [1.54, 1.807) is 10.9 Å². The second kappa shape index (κ2) is 5.99. The fourth-order valence-corrected chi connectivity index (χ4v) is 2.24. The number of carbonyl (C=O) groups excluding carboxylic acids is 1. The number of aromatic nitrogens is 4. The summed E-state index contributed by atoms with van der Waals surface area (Å²) < 4.78 is 3.50. The summed E-state index contributed by atoms with van der Waals surface area (Å²) in [5, 5.41) is 11.5. The van der Waals surface area contributed by atoms with Crippen LogP contribution in [0.15, 0.2) is 12.4 Å². The number of amides is 1. The number of nitrogens with two attached hydrogens (primary N) is 1. The van der Waals surface area contributed by atoms with Gasteiger partial charge in [-0.3, -0.25) is 14.2 Å².